The Labute approximate surface area is 65.0 Å². The van der Waals surface area contributed by atoms with Crippen LogP contribution < -0.4 is 0 Å². The lowest BCUT2D eigenvalue weighted by Crippen LogP contribution is -2.24. The molecule has 0 aromatic carbocycles. The van der Waals surface area contributed by atoms with Crippen LogP contribution in [0, 0.1) is 0 Å². The van der Waals surface area contributed by atoms with Gasteiger partial charge >= 0.3 is 0 Å². The van der Waals surface area contributed by atoms with Gasteiger partial charge in [0.25, 0.3) is 0 Å². The Morgan fingerprint density at radius 1 is 1.45 bits per heavy atom. The topological polar surface area (TPSA) is 58.9 Å². The van der Waals surface area contributed by atoms with Crippen molar-refractivity contribution in [2.45, 2.75) is 25.4 Å². The molecule has 4 heteroatoms. The molecule has 1 rings (SSSR count). The van der Waals surface area contributed by atoms with Crippen molar-refractivity contribution in [1.29, 1.82) is 0 Å². The molecule has 4 nitrogen and oxygen atoms in total. The van der Waals surface area contributed by atoms with Gasteiger partial charge in [-0.3, -0.25) is 0 Å². The van der Waals surface area contributed by atoms with E-state index in [0.29, 0.717) is 0 Å². The summed E-state index contributed by atoms with van der Waals surface area (Å²) in [6.45, 7) is 1.65. The molecule has 3 atom stereocenters. The summed E-state index contributed by atoms with van der Waals surface area (Å²) in [4.78, 5) is 0. The number of ether oxygens (including phenoxy) is 2. The third kappa shape index (κ3) is 1.92. The molecular formula is C7H12O4. The first kappa shape index (κ1) is 8.52. The molecule has 64 valence electrons. The van der Waals surface area contributed by atoms with Crippen LogP contribution in [0.1, 0.15) is 6.92 Å². The summed E-state index contributed by atoms with van der Waals surface area (Å²) in [6, 6.07) is 0. The highest BCUT2D eigenvalue weighted by atomic mass is 16.7. The predicted molar refractivity (Wildman–Crippen MR) is 38.1 cm³/mol. The van der Waals surface area contributed by atoms with Gasteiger partial charge in [-0.05, 0) is 13.0 Å². The van der Waals surface area contributed by atoms with Gasteiger partial charge in [0.2, 0.25) is 0 Å². The molecule has 1 aliphatic rings. The summed E-state index contributed by atoms with van der Waals surface area (Å²) < 4.78 is 10.3. The molecule has 0 spiro atoms. The molecule has 2 N–H and O–H groups in total. The van der Waals surface area contributed by atoms with Gasteiger partial charge in [-0.2, -0.15) is 0 Å². The largest absolute Gasteiger partial charge is 0.516 e. The van der Waals surface area contributed by atoms with E-state index >= 15 is 0 Å². The van der Waals surface area contributed by atoms with Gasteiger partial charge in [-0.25, -0.2) is 0 Å². The maximum absolute atomic E-state index is 8.76. The van der Waals surface area contributed by atoms with Crippen molar-refractivity contribution < 1.29 is 19.7 Å². The van der Waals surface area contributed by atoms with Crippen molar-refractivity contribution in [3.63, 3.8) is 0 Å². The molecule has 0 aromatic rings. The van der Waals surface area contributed by atoms with Gasteiger partial charge in [0.1, 0.15) is 12.2 Å². The van der Waals surface area contributed by atoms with Gasteiger partial charge < -0.3 is 19.7 Å². The van der Waals surface area contributed by atoms with Crippen LogP contribution in [0.5, 0.6) is 0 Å². The van der Waals surface area contributed by atoms with Crippen molar-refractivity contribution in [3.8, 4) is 0 Å². The molecule has 2 unspecified atom stereocenters. The van der Waals surface area contributed by atoms with E-state index in [-0.39, 0.29) is 25.1 Å². The van der Waals surface area contributed by atoms with Gasteiger partial charge in [0.05, 0.1) is 12.9 Å². The first-order valence-electron chi connectivity index (χ1n) is 3.50. The second kappa shape index (κ2) is 3.71. The number of hydrogen-bond acceptors (Lipinski definition) is 4. The molecule has 1 saturated heterocycles. The highest BCUT2D eigenvalue weighted by molar-refractivity contribution is 4.92. The van der Waals surface area contributed by atoms with E-state index in [1.807, 2.05) is 0 Å². The lowest BCUT2D eigenvalue weighted by atomic mass is 10.2. The van der Waals surface area contributed by atoms with Gasteiger partial charge in [-0.1, -0.05) is 0 Å². The zero-order chi connectivity index (χ0) is 8.27. The molecular weight excluding hydrogens is 148 g/mol. The average molecular weight is 160 g/mol. The quantitative estimate of drug-likeness (QED) is 0.566. The number of rotatable bonds is 2. The van der Waals surface area contributed by atoms with Gasteiger partial charge in [0.15, 0.2) is 6.29 Å². The summed E-state index contributed by atoms with van der Waals surface area (Å²) in [7, 11) is 0. The first-order valence-corrected chi connectivity index (χ1v) is 3.50. The lowest BCUT2D eigenvalue weighted by Gasteiger charge is -2.08. The molecule has 0 saturated carbocycles. The maximum atomic E-state index is 8.76. The second-order valence-electron chi connectivity index (χ2n) is 2.37. The Bertz CT molecular complexity index is 145. The Kier molecular flexibility index (Phi) is 2.87. The summed E-state index contributed by atoms with van der Waals surface area (Å²) in [5, 5.41) is 17.2. The fourth-order valence-electron chi connectivity index (χ4n) is 1.07. The van der Waals surface area contributed by atoms with Gasteiger partial charge in [0, 0.05) is 0 Å². The first-order chi connectivity index (χ1) is 5.27. The van der Waals surface area contributed by atoms with Crippen molar-refractivity contribution >= 4 is 0 Å². The van der Waals surface area contributed by atoms with Crippen LogP contribution in [-0.2, 0) is 9.47 Å². The zero-order valence-corrected chi connectivity index (χ0v) is 6.30. The third-order valence-corrected chi connectivity index (χ3v) is 1.54. The van der Waals surface area contributed by atoms with E-state index in [1.165, 1.54) is 6.08 Å². The SMILES string of the molecule is CC1OC(/C=C/O)[C@@H](CO)O1. The van der Waals surface area contributed by atoms with Crippen LogP contribution in [0.3, 0.4) is 0 Å². The van der Waals surface area contributed by atoms with Crippen LogP contribution in [-0.4, -0.2) is 35.3 Å². The molecule has 1 fully saturated rings. The molecule has 1 aliphatic heterocycles. The molecule has 11 heavy (non-hydrogen) atoms. The summed E-state index contributed by atoms with van der Waals surface area (Å²) in [5.74, 6) is 0. The van der Waals surface area contributed by atoms with Crippen molar-refractivity contribution in [3.05, 3.63) is 12.3 Å². The van der Waals surface area contributed by atoms with Crippen LogP contribution in [0.4, 0.5) is 0 Å². The van der Waals surface area contributed by atoms with E-state index < -0.39 is 0 Å². The molecule has 0 bridgehead atoms. The van der Waals surface area contributed by atoms with Crippen molar-refractivity contribution in [2.75, 3.05) is 6.61 Å². The van der Waals surface area contributed by atoms with E-state index in [0.717, 1.165) is 6.26 Å². The normalized spacial score (nSPS) is 38.5. The Hall–Kier alpha value is -0.580. The standard InChI is InChI=1S/C7H12O4/c1-5-10-6(2-3-8)7(4-9)11-5/h2-3,5-9H,4H2,1H3/b3-2+/t5?,6?,7-/m1/s1. The monoisotopic (exact) mass is 160 g/mol. The number of aliphatic hydroxyl groups excluding tert-OH is 2. The lowest BCUT2D eigenvalue weighted by molar-refractivity contribution is -0.0535. The van der Waals surface area contributed by atoms with Crippen LogP contribution in [0.2, 0.25) is 0 Å². The molecule has 0 amide bonds. The van der Waals surface area contributed by atoms with E-state index in [4.69, 9.17) is 19.7 Å². The fraction of sp³-hybridized carbons (Fsp3) is 0.714. The van der Waals surface area contributed by atoms with E-state index in [9.17, 15) is 0 Å². The van der Waals surface area contributed by atoms with Crippen molar-refractivity contribution in [2.24, 2.45) is 0 Å². The summed E-state index contributed by atoms with van der Waals surface area (Å²) in [6.07, 6.45) is 1.35. The predicted octanol–water partition coefficient (Wildman–Crippen LogP) is 0.180. The molecule has 0 radical (unpaired) electrons. The highest BCUT2D eigenvalue weighted by Crippen LogP contribution is 2.18. The number of hydrogen-bond donors (Lipinski definition) is 2. The minimum Gasteiger partial charge on any atom is -0.516 e. The summed E-state index contributed by atoms with van der Waals surface area (Å²) >= 11 is 0. The average Bonchev–Trinajstić information content (AvgIpc) is 2.32. The molecule has 0 aliphatic carbocycles. The Morgan fingerprint density at radius 2 is 2.18 bits per heavy atom. The van der Waals surface area contributed by atoms with Crippen LogP contribution in [0.15, 0.2) is 12.3 Å². The highest BCUT2D eigenvalue weighted by Gasteiger charge is 2.31. The number of aliphatic hydroxyl groups is 2. The molecule has 0 aromatic heterocycles. The minimum atomic E-state index is -0.353. The maximum Gasteiger partial charge on any atom is 0.156 e. The van der Waals surface area contributed by atoms with Crippen LogP contribution >= 0.6 is 0 Å². The Balaban J connectivity index is 2.50. The Morgan fingerprint density at radius 3 is 2.73 bits per heavy atom. The second-order valence-corrected chi connectivity index (χ2v) is 2.37. The zero-order valence-electron chi connectivity index (χ0n) is 6.30. The fourth-order valence-corrected chi connectivity index (χ4v) is 1.07. The van der Waals surface area contributed by atoms with E-state index in [2.05, 4.69) is 0 Å². The smallest absolute Gasteiger partial charge is 0.156 e. The van der Waals surface area contributed by atoms with Crippen LogP contribution in [0.25, 0.3) is 0 Å². The van der Waals surface area contributed by atoms with Gasteiger partial charge in [-0.15, -0.1) is 0 Å². The van der Waals surface area contributed by atoms with Crippen molar-refractivity contribution in [1.82, 2.24) is 0 Å². The molecule has 1 heterocycles. The third-order valence-electron chi connectivity index (χ3n) is 1.54. The summed E-state index contributed by atoms with van der Waals surface area (Å²) in [5.41, 5.74) is 0. The minimum absolute atomic E-state index is 0.0979. The van der Waals surface area contributed by atoms with E-state index in [1.54, 1.807) is 6.92 Å².